The molecule has 0 aromatic heterocycles. The third kappa shape index (κ3) is 5.79. The molecule has 0 saturated heterocycles. The van der Waals surface area contributed by atoms with E-state index >= 15 is 0 Å². The molecule has 2 N–H and O–H groups in total. The molecule has 104 valence electrons. The molecule has 1 aromatic rings. The van der Waals surface area contributed by atoms with Gasteiger partial charge in [0.15, 0.2) is 0 Å². The van der Waals surface area contributed by atoms with Crippen molar-refractivity contribution in [2.24, 2.45) is 5.92 Å². The molecule has 0 heterocycles. The number of rotatable bonds is 8. The molecule has 0 aliphatic heterocycles. The Kier molecular flexibility index (Phi) is 6.42. The monoisotopic (exact) mass is 282 g/mol. The fourth-order valence-electron chi connectivity index (χ4n) is 1.89. The van der Waals surface area contributed by atoms with Gasteiger partial charge in [0.25, 0.3) is 0 Å². The van der Waals surface area contributed by atoms with Crippen molar-refractivity contribution in [2.75, 3.05) is 5.75 Å². The number of hydrogen-bond acceptors (Lipinski definition) is 3. The summed E-state index contributed by atoms with van der Waals surface area (Å²) in [6, 6.07) is 9.64. The first-order valence-corrected chi connectivity index (χ1v) is 7.15. The Hall–Kier alpha value is -1.49. The van der Waals surface area contributed by atoms with E-state index in [1.54, 1.807) is 0 Å². The lowest BCUT2D eigenvalue weighted by Gasteiger charge is -2.22. The predicted octanol–water partition coefficient (Wildman–Crippen LogP) is 3.05. The van der Waals surface area contributed by atoms with Crippen LogP contribution >= 0.6 is 11.8 Å². The molecular formula is C14H18O4S. The lowest BCUT2D eigenvalue weighted by molar-refractivity contribution is -0.138. The second-order valence-corrected chi connectivity index (χ2v) is 5.67. The molecule has 0 saturated carbocycles. The van der Waals surface area contributed by atoms with E-state index in [2.05, 4.69) is 0 Å². The van der Waals surface area contributed by atoms with Crippen LogP contribution in [0.3, 0.4) is 0 Å². The molecule has 5 heteroatoms. The van der Waals surface area contributed by atoms with E-state index in [0.717, 1.165) is 5.56 Å². The van der Waals surface area contributed by atoms with Crippen LogP contribution in [0.1, 0.15) is 30.6 Å². The van der Waals surface area contributed by atoms with Gasteiger partial charge < -0.3 is 10.2 Å². The molecule has 0 aliphatic carbocycles. The van der Waals surface area contributed by atoms with Crippen LogP contribution in [0.25, 0.3) is 0 Å². The van der Waals surface area contributed by atoms with E-state index in [0.29, 0.717) is 5.75 Å². The van der Waals surface area contributed by atoms with Gasteiger partial charge in [-0.05, 0) is 11.5 Å². The summed E-state index contributed by atoms with van der Waals surface area (Å²) in [4.78, 5) is 21.4. The number of carbonyl (C=O) groups is 2. The number of carboxylic acid groups (broad SMARTS) is 2. The summed E-state index contributed by atoms with van der Waals surface area (Å²) >= 11 is 1.51. The zero-order chi connectivity index (χ0) is 14.3. The van der Waals surface area contributed by atoms with Crippen molar-refractivity contribution in [1.29, 1.82) is 0 Å². The Morgan fingerprint density at radius 1 is 1.16 bits per heavy atom. The molecule has 1 rings (SSSR count). The Balaban J connectivity index is 2.73. The molecule has 19 heavy (non-hydrogen) atoms. The topological polar surface area (TPSA) is 74.6 Å². The molecule has 0 aliphatic rings. The van der Waals surface area contributed by atoms with Crippen LogP contribution in [0.15, 0.2) is 30.3 Å². The molecular weight excluding hydrogens is 264 g/mol. The van der Waals surface area contributed by atoms with Crippen molar-refractivity contribution in [3.63, 3.8) is 0 Å². The smallest absolute Gasteiger partial charge is 0.304 e. The fraction of sp³-hybridized carbons (Fsp3) is 0.429. The highest BCUT2D eigenvalue weighted by atomic mass is 32.2. The number of benzene rings is 1. The van der Waals surface area contributed by atoms with Crippen molar-refractivity contribution >= 4 is 23.7 Å². The highest BCUT2D eigenvalue weighted by Crippen LogP contribution is 2.37. The van der Waals surface area contributed by atoms with E-state index in [4.69, 9.17) is 10.2 Å². The summed E-state index contributed by atoms with van der Waals surface area (Å²) in [5.41, 5.74) is 1.05. The van der Waals surface area contributed by atoms with E-state index in [1.807, 2.05) is 37.3 Å². The Labute approximate surface area is 116 Å². The molecule has 2 unspecified atom stereocenters. The zero-order valence-corrected chi connectivity index (χ0v) is 11.6. The van der Waals surface area contributed by atoms with Gasteiger partial charge in [0, 0.05) is 17.4 Å². The average Bonchev–Trinajstić information content (AvgIpc) is 2.34. The maximum atomic E-state index is 10.8. The number of carboxylic acids is 2. The summed E-state index contributed by atoms with van der Waals surface area (Å²) in [5.74, 6) is -1.21. The van der Waals surface area contributed by atoms with Crippen LogP contribution < -0.4 is 0 Å². The Morgan fingerprint density at radius 3 is 2.32 bits per heavy atom. The average molecular weight is 282 g/mol. The molecule has 0 spiro atoms. The largest absolute Gasteiger partial charge is 0.481 e. The van der Waals surface area contributed by atoms with Gasteiger partial charge in [-0.1, -0.05) is 37.3 Å². The lowest BCUT2D eigenvalue weighted by atomic mass is 9.97. The first-order valence-electron chi connectivity index (χ1n) is 6.11. The van der Waals surface area contributed by atoms with Gasteiger partial charge in [-0.25, -0.2) is 0 Å². The van der Waals surface area contributed by atoms with Gasteiger partial charge >= 0.3 is 11.9 Å². The van der Waals surface area contributed by atoms with E-state index < -0.39 is 11.9 Å². The van der Waals surface area contributed by atoms with Gasteiger partial charge in [-0.15, -0.1) is 0 Å². The van der Waals surface area contributed by atoms with Crippen LogP contribution in [0.4, 0.5) is 0 Å². The minimum atomic E-state index is -0.829. The van der Waals surface area contributed by atoms with E-state index in [1.165, 1.54) is 11.8 Å². The quantitative estimate of drug-likeness (QED) is 0.766. The second kappa shape index (κ2) is 7.84. The molecule has 0 bridgehead atoms. The van der Waals surface area contributed by atoms with Gasteiger partial charge in [0.2, 0.25) is 0 Å². The maximum absolute atomic E-state index is 10.8. The summed E-state index contributed by atoms with van der Waals surface area (Å²) < 4.78 is 0. The van der Waals surface area contributed by atoms with Crippen LogP contribution in [-0.2, 0) is 9.59 Å². The van der Waals surface area contributed by atoms with Gasteiger partial charge in [0.1, 0.15) is 0 Å². The summed E-state index contributed by atoms with van der Waals surface area (Å²) in [6.45, 7) is 1.89. The third-order valence-electron chi connectivity index (χ3n) is 2.75. The van der Waals surface area contributed by atoms with E-state index in [9.17, 15) is 9.59 Å². The first kappa shape index (κ1) is 15.6. The maximum Gasteiger partial charge on any atom is 0.304 e. The molecule has 0 fully saturated rings. The standard InChI is InChI=1S/C14H18O4S/c1-10(9-13(17)18)14(19-8-7-12(15)16)11-5-3-2-4-6-11/h2-6,10,14H,7-9H2,1H3,(H,15,16)(H,17,18). The highest BCUT2D eigenvalue weighted by molar-refractivity contribution is 7.99. The minimum Gasteiger partial charge on any atom is -0.481 e. The first-order chi connectivity index (χ1) is 9.00. The second-order valence-electron chi connectivity index (χ2n) is 4.42. The van der Waals surface area contributed by atoms with Crippen molar-refractivity contribution in [3.8, 4) is 0 Å². The van der Waals surface area contributed by atoms with Crippen LogP contribution in [0.2, 0.25) is 0 Å². The van der Waals surface area contributed by atoms with Crippen LogP contribution in [0, 0.1) is 5.92 Å². The summed E-state index contributed by atoms with van der Waals surface area (Å²) in [6.07, 6.45) is 0.174. The van der Waals surface area contributed by atoms with Crippen molar-refractivity contribution < 1.29 is 19.8 Å². The van der Waals surface area contributed by atoms with Gasteiger partial charge in [-0.3, -0.25) is 9.59 Å². The van der Waals surface area contributed by atoms with Crippen molar-refractivity contribution in [1.82, 2.24) is 0 Å². The van der Waals surface area contributed by atoms with Crippen molar-refractivity contribution in [3.05, 3.63) is 35.9 Å². The molecule has 0 radical (unpaired) electrons. The van der Waals surface area contributed by atoms with E-state index in [-0.39, 0.29) is 24.0 Å². The number of thioether (sulfide) groups is 1. The number of aliphatic carboxylic acids is 2. The van der Waals surface area contributed by atoms with Crippen molar-refractivity contribution in [2.45, 2.75) is 25.0 Å². The molecule has 0 amide bonds. The fourth-order valence-corrected chi connectivity index (χ4v) is 3.21. The zero-order valence-electron chi connectivity index (χ0n) is 10.8. The van der Waals surface area contributed by atoms with Gasteiger partial charge in [0.05, 0.1) is 6.42 Å². The number of hydrogen-bond donors (Lipinski definition) is 2. The SMILES string of the molecule is CC(CC(=O)O)C(SCCC(=O)O)c1ccccc1. The summed E-state index contributed by atoms with van der Waals surface area (Å²) in [5, 5.41) is 17.6. The molecule has 1 aromatic carbocycles. The van der Waals surface area contributed by atoms with Crippen LogP contribution in [0.5, 0.6) is 0 Å². The molecule has 4 nitrogen and oxygen atoms in total. The Bertz CT molecular complexity index is 419. The molecule has 2 atom stereocenters. The normalized spacial score (nSPS) is 13.7. The lowest BCUT2D eigenvalue weighted by Crippen LogP contribution is -2.12. The van der Waals surface area contributed by atoms with Gasteiger partial charge in [-0.2, -0.15) is 11.8 Å². The highest BCUT2D eigenvalue weighted by Gasteiger charge is 2.22. The third-order valence-corrected chi connectivity index (χ3v) is 4.29. The minimum absolute atomic E-state index is 0.0108. The Morgan fingerprint density at radius 2 is 1.79 bits per heavy atom. The predicted molar refractivity (Wildman–Crippen MR) is 75.3 cm³/mol. The van der Waals surface area contributed by atoms with Crippen LogP contribution in [-0.4, -0.2) is 27.9 Å². The summed E-state index contributed by atoms with van der Waals surface area (Å²) in [7, 11) is 0.